The monoisotopic (exact) mass is 201 g/mol. The summed E-state index contributed by atoms with van der Waals surface area (Å²) in [6.45, 7) is 2.60. The maximum absolute atomic E-state index is 2.52. The van der Waals surface area contributed by atoms with Gasteiger partial charge >= 0.3 is 0 Å². The summed E-state index contributed by atoms with van der Waals surface area (Å²) in [6.07, 6.45) is 2.88. The Morgan fingerprint density at radius 3 is 2.20 bits per heavy atom. The molecule has 0 spiro atoms. The Kier molecular flexibility index (Phi) is 2.28. The fraction of sp³-hybridized carbons (Fsp3) is 0.571. The molecule has 3 rings (SSSR count). The lowest BCUT2D eigenvalue weighted by Crippen LogP contribution is -2.38. The van der Waals surface area contributed by atoms with E-state index in [1.54, 1.807) is 5.56 Å². The first-order valence-electron chi connectivity index (χ1n) is 6.08. The van der Waals surface area contributed by atoms with Crippen LogP contribution in [0.25, 0.3) is 0 Å². The van der Waals surface area contributed by atoms with Crippen LogP contribution in [0.4, 0.5) is 0 Å². The van der Waals surface area contributed by atoms with Crippen molar-refractivity contribution in [3.63, 3.8) is 0 Å². The normalized spacial score (nSPS) is 35.7. The van der Waals surface area contributed by atoms with E-state index in [0.29, 0.717) is 0 Å². The number of fused-ring (bicyclic) bond motifs is 2. The van der Waals surface area contributed by atoms with Crippen molar-refractivity contribution in [3.05, 3.63) is 35.9 Å². The van der Waals surface area contributed by atoms with Crippen molar-refractivity contribution < 1.29 is 0 Å². The zero-order valence-electron chi connectivity index (χ0n) is 9.39. The van der Waals surface area contributed by atoms with E-state index in [4.69, 9.17) is 0 Å². The summed E-state index contributed by atoms with van der Waals surface area (Å²) in [7, 11) is 2.27. The summed E-state index contributed by atoms with van der Waals surface area (Å²) in [5, 5.41) is 0. The Labute approximate surface area is 92.1 Å². The topological polar surface area (TPSA) is 3.24 Å². The van der Waals surface area contributed by atoms with Crippen molar-refractivity contribution in [2.75, 3.05) is 20.1 Å². The van der Waals surface area contributed by atoms with Gasteiger partial charge in [0.15, 0.2) is 0 Å². The fourth-order valence-corrected chi connectivity index (χ4v) is 3.68. The van der Waals surface area contributed by atoms with Crippen LogP contribution in [0.1, 0.15) is 24.3 Å². The van der Waals surface area contributed by atoms with Crippen LogP contribution in [0.5, 0.6) is 0 Å². The number of hydrogen-bond donors (Lipinski definition) is 0. The highest BCUT2D eigenvalue weighted by atomic mass is 15.1. The molecular formula is C14H19N. The van der Waals surface area contributed by atoms with E-state index in [0.717, 1.165) is 17.8 Å². The second kappa shape index (κ2) is 3.64. The molecule has 1 nitrogen and oxygen atoms in total. The molecule has 1 aromatic rings. The Balaban J connectivity index is 1.89. The lowest BCUT2D eigenvalue weighted by Gasteiger charge is -2.36. The Morgan fingerprint density at radius 1 is 1.00 bits per heavy atom. The highest BCUT2D eigenvalue weighted by Crippen LogP contribution is 2.47. The summed E-state index contributed by atoms with van der Waals surface area (Å²) in [5.74, 6) is 2.68. The Morgan fingerprint density at radius 2 is 1.60 bits per heavy atom. The lowest BCUT2D eigenvalue weighted by molar-refractivity contribution is 0.176. The quantitative estimate of drug-likeness (QED) is 0.675. The molecule has 1 heterocycles. The third kappa shape index (κ3) is 1.59. The molecule has 1 saturated carbocycles. The number of benzene rings is 1. The van der Waals surface area contributed by atoms with Crippen molar-refractivity contribution >= 4 is 0 Å². The van der Waals surface area contributed by atoms with Gasteiger partial charge in [-0.3, -0.25) is 0 Å². The number of piperidine rings is 1. The molecule has 80 valence electrons. The van der Waals surface area contributed by atoms with Crippen LogP contribution in [0.2, 0.25) is 0 Å². The molecule has 2 fully saturated rings. The van der Waals surface area contributed by atoms with Crippen molar-refractivity contribution in [2.45, 2.75) is 18.8 Å². The van der Waals surface area contributed by atoms with Gasteiger partial charge in [-0.1, -0.05) is 30.3 Å². The fourth-order valence-electron chi connectivity index (χ4n) is 3.68. The summed E-state index contributed by atoms with van der Waals surface area (Å²) < 4.78 is 0. The van der Waals surface area contributed by atoms with Crippen LogP contribution in [0.3, 0.4) is 0 Å². The molecule has 0 N–H and O–H groups in total. The van der Waals surface area contributed by atoms with Crippen LogP contribution >= 0.6 is 0 Å². The second-order valence-corrected chi connectivity index (χ2v) is 5.26. The molecule has 2 bridgehead atoms. The Hall–Kier alpha value is -0.820. The van der Waals surface area contributed by atoms with E-state index >= 15 is 0 Å². The third-order valence-electron chi connectivity index (χ3n) is 4.20. The van der Waals surface area contributed by atoms with Crippen molar-refractivity contribution in [3.8, 4) is 0 Å². The molecule has 1 aromatic carbocycles. The van der Waals surface area contributed by atoms with Gasteiger partial charge in [-0.25, -0.2) is 0 Å². The predicted octanol–water partition coefficient (Wildman–Crippen LogP) is 2.74. The molecule has 1 heteroatoms. The van der Waals surface area contributed by atoms with Gasteiger partial charge < -0.3 is 4.90 Å². The molecule has 15 heavy (non-hydrogen) atoms. The highest BCUT2D eigenvalue weighted by molar-refractivity contribution is 5.23. The van der Waals surface area contributed by atoms with Crippen LogP contribution in [0, 0.1) is 11.8 Å². The average Bonchev–Trinajstić information content (AvgIpc) is 2.53. The number of nitrogens with zero attached hydrogens (tertiary/aromatic N) is 1. The van der Waals surface area contributed by atoms with Gasteiger partial charge in [0.2, 0.25) is 0 Å². The minimum Gasteiger partial charge on any atom is -0.306 e. The molecule has 0 amide bonds. The van der Waals surface area contributed by atoms with Crippen LogP contribution in [-0.4, -0.2) is 25.0 Å². The van der Waals surface area contributed by atoms with E-state index in [2.05, 4.69) is 42.3 Å². The van der Waals surface area contributed by atoms with E-state index < -0.39 is 0 Å². The van der Waals surface area contributed by atoms with Gasteiger partial charge in [-0.2, -0.15) is 0 Å². The van der Waals surface area contributed by atoms with Gasteiger partial charge in [-0.05, 0) is 43.2 Å². The highest BCUT2D eigenvalue weighted by Gasteiger charge is 2.41. The number of likely N-dealkylation sites (tertiary alicyclic amines) is 1. The molecule has 1 aliphatic carbocycles. The van der Waals surface area contributed by atoms with Crippen LogP contribution in [-0.2, 0) is 0 Å². The molecule has 0 aromatic heterocycles. The zero-order chi connectivity index (χ0) is 10.3. The maximum atomic E-state index is 2.52. The number of rotatable bonds is 1. The second-order valence-electron chi connectivity index (χ2n) is 5.26. The van der Waals surface area contributed by atoms with Gasteiger partial charge in [0.05, 0.1) is 0 Å². The first kappa shape index (κ1) is 9.41. The molecule has 2 aliphatic rings. The molecule has 1 aliphatic heterocycles. The van der Waals surface area contributed by atoms with Crippen LogP contribution < -0.4 is 0 Å². The summed E-state index contributed by atoms with van der Waals surface area (Å²) in [4.78, 5) is 2.52. The summed E-state index contributed by atoms with van der Waals surface area (Å²) >= 11 is 0. The maximum Gasteiger partial charge on any atom is 0.00127 e. The van der Waals surface area contributed by atoms with E-state index in [1.165, 1.54) is 25.9 Å². The SMILES string of the molecule is CN1C[C@H]2CC[C@@H](C1)C2c1ccccc1. The van der Waals surface area contributed by atoms with Crippen molar-refractivity contribution in [1.29, 1.82) is 0 Å². The van der Waals surface area contributed by atoms with Crippen molar-refractivity contribution in [1.82, 2.24) is 4.90 Å². The first-order valence-corrected chi connectivity index (χ1v) is 6.08. The third-order valence-corrected chi connectivity index (χ3v) is 4.20. The van der Waals surface area contributed by atoms with Gasteiger partial charge in [0.25, 0.3) is 0 Å². The molecular weight excluding hydrogens is 182 g/mol. The molecule has 3 atom stereocenters. The van der Waals surface area contributed by atoms with Gasteiger partial charge in [-0.15, -0.1) is 0 Å². The average molecular weight is 201 g/mol. The lowest BCUT2D eigenvalue weighted by atomic mass is 9.80. The smallest absolute Gasteiger partial charge is 0.00127 e. The van der Waals surface area contributed by atoms with E-state index in [9.17, 15) is 0 Å². The molecule has 1 unspecified atom stereocenters. The Bertz CT molecular complexity index is 318. The van der Waals surface area contributed by atoms with Crippen LogP contribution in [0.15, 0.2) is 30.3 Å². The van der Waals surface area contributed by atoms with Crippen molar-refractivity contribution in [2.24, 2.45) is 11.8 Å². The molecule has 0 radical (unpaired) electrons. The van der Waals surface area contributed by atoms with E-state index in [1.807, 2.05) is 0 Å². The first-order chi connectivity index (χ1) is 7.34. The minimum absolute atomic E-state index is 0.849. The van der Waals surface area contributed by atoms with Gasteiger partial charge in [0.1, 0.15) is 0 Å². The zero-order valence-corrected chi connectivity index (χ0v) is 9.39. The molecule has 1 saturated heterocycles. The van der Waals surface area contributed by atoms with Gasteiger partial charge in [0, 0.05) is 13.1 Å². The summed E-state index contributed by atoms with van der Waals surface area (Å²) in [6, 6.07) is 11.1. The predicted molar refractivity (Wildman–Crippen MR) is 62.9 cm³/mol. The standard InChI is InChI=1S/C14H19N/c1-15-9-12-7-8-13(10-15)14(12)11-5-3-2-4-6-11/h2-6,12-14H,7-10H2,1H3/t12-,13+,14?. The summed E-state index contributed by atoms with van der Waals surface area (Å²) in [5.41, 5.74) is 1.58. The minimum atomic E-state index is 0.849. The van der Waals surface area contributed by atoms with E-state index in [-0.39, 0.29) is 0 Å². The number of hydrogen-bond acceptors (Lipinski definition) is 1. The largest absolute Gasteiger partial charge is 0.306 e.